The lowest BCUT2D eigenvalue weighted by molar-refractivity contribution is 0.0527. The van der Waals surface area contributed by atoms with Crippen molar-refractivity contribution in [2.75, 3.05) is 12.3 Å². The first kappa shape index (κ1) is 13.0. The molecule has 0 bridgehead atoms. The predicted molar refractivity (Wildman–Crippen MR) is 70.0 cm³/mol. The van der Waals surface area contributed by atoms with Crippen LogP contribution in [0.2, 0.25) is 0 Å². The third-order valence-electron chi connectivity index (χ3n) is 2.56. The Labute approximate surface area is 110 Å². The summed E-state index contributed by atoms with van der Waals surface area (Å²) in [5.41, 5.74) is 6.90. The molecule has 0 atom stereocenters. The fourth-order valence-corrected chi connectivity index (χ4v) is 1.74. The number of hydrogen-bond donors (Lipinski definition) is 1. The average Bonchev–Trinajstić information content (AvgIpc) is 2.39. The van der Waals surface area contributed by atoms with E-state index in [1.165, 1.54) is 24.4 Å². The highest BCUT2D eigenvalue weighted by Crippen LogP contribution is 2.25. The number of nitrogen functional groups attached to an aromatic ring is 1. The molecule has 0 amide bonds. The summed E-state index contributed by atoms with van der Waals surface area (Å²) in [7, 11) is 0. The summed E-state index contributed by atoms with van der Waals surface area (Å²) in [6, 6.07) is 7.35. The van der Waals surface area contributed by atoms with Crippen molar-refractivity contribution in [3.63, 3.8) is 0 Å². The van der Waals surface area contributed by atoms with Gasteiger partial charge in [0.1, 0.15) is 11.6 Å². The van der Waals surface area contributed by atoms with Gasteiger partial charge in [0.15, 0.2) is 0 Å². The summed E-state index contributed by atoms with van der Waals surface area (Å²) in [6.45, 7) is 1.97. The van der Waals surface area contributed by atoms with Gasteiger partial charge in [0.05, 0.1) is 12.2 Å². The summed E-state index contributed by atoms with van der Waals surface area (Å²) in [6.07, 6.45) is 1.44. The van der Waals surface area contributed by atoms with Crippen LogP contribution in [0.25, 0.3) is 11.1 Å². The van der Waals surface area contributed by atoms with Crippen LogP contribution in [0.3, 0.4) is 0 Å². The summed E-state index contributed by atoms with van der Waals surface area (Å²) in [4.78, 5) is 15.8. The molecular formula is C14H13FN2O2. The predicted octanol–water partition coefficient (Wildman–Crippen LogP) is 2.65. The molecule has 0 aliphatic rings. The van der Waals surface area contributed by atoms with Crippen molar-refractivity contribution in [2.24, 2.45) is 0 Å². The third kappa shape index (κ3) is 2.88. The van der Waals surface area contributed by atoms with E-state index in [0.29, 0.717) is 11.1 Å². The number of halogens is 1. The number of benzene rings is 1. The third-order valence-corrected chi connectivity index (χ3v) is 2.56. The Kier molecular flexibility index (Phi) is 3.75. The van der Waals surface area contributed by atoms with Gasteiger partial charge in [-0.3, -0.25) is 0 Å². The number of pyridine rings is 1. The summed E-state index contributed by atoms with van der Waals surface area (Å²) in [5, 5.41) is 0. The lowest BCUT2D eigenvalue weighted by atomic mass is 10.0. The topological polar surface area (TPSA) is 65.2 Å². The summed E-state index contributed by atoms with van der Waals surface area (Å²) >= 11 is 0. The maximum Gasteiger partial charge on any atom is 0.338 e. The molecule has 0 saturated heterocycles. The average molecular weight is 260 g/mol. The van der Waals surface area contributed by atoms with Crippen LogP contribution in [0.1, 0.15) is 17.3 Å². The Bertz CT molecular complexity index is 614. The Morgan fingerprint density at radius 3 is 2.89 bits per heavy atom. The second-order valence-corrected chi connectivity index (χ2v) is 3.89. The van der Waals surface area contributed by atoms with Crippen LogP contribution >= 0.6 is 0 Å². The zero-order valence-corrected chi connectivity index (χ0v) is 10.4. The summed E-state index contributed by atoms with van der Waals surface area (Å²) in [5.74, 6) is -0.678. The fraction of sp³-hybridized carbons (Fsp3) is 0.143. The molecule has 19 heavy (non-hydrogen) atoms. The molecule has 5 heteroatoms. The highest BCUT2D eigenvalue weighted by atomic mass is 19.1. The molecule has 0 radical (unpaired) electrons. The zero-order valence-electron chi connectivity index (χ0n) is 10.4. The van der Waals surface area contributed by atoms with Gasteiger partial charge in [-0.15, -0.1) is 0 Å². The standard InChI is InChI=1S/C14H13FN2O2/c1-2-19-14(18)11-7-13(16)17-8-12(11)9-4-3-5-10(15)6-9/h3-8H,2H2,1H3,(H2,16,17). The second-order valence-electron chi connectivity index (χ2n) is 3.89. The van der Waals surface area contributed by atoms with Crippen molar-refractivity contribution in [1.29, 1.82) is 0 Å². The molecule has 0 spiro atoms. The van der Waals surface area contributed by atoms with Crippen molar-refractivity contribution in [3.05, 3.63) is 47.9 Å². The smallest absolute Gasteiger partial charge is 0.338 e. The maximum atomic E-state index is 13.3. The van der Waals surface area contributed by atoms with Gasteiger partial charge in [0.25, 0.3) is 0 Å². The molecule has 4 nitrogen and oxygen atoms in total. The van der Waals surface area contributed by atoms with E-state index in [0.717, 1.165) is 0 Å². The first-order valence-corrected chi connectivity index (χ1v) is 5.80. The minimum Gasteiger partial charge on any atom is -0.462 e. The number of esters is 1. The Morgan fingerprint density at radius 2 is 2.21 bits per heavy atom. The van der Waals surface area contributed by atoms with Gasteiger partial charge >= 0.3 is 5.97 Å². The van der Waals surface area contributed by atoms with Crippen LogP contribution in [-0.4, -0.2) is 17.6 Å². The van der Waals surface area contributed by atoms with Gasteiger partial charge in [0.2, 0.25) is 0 Å². The number of nitrogens with zero attached hydrogens (tertiary/aromatic N) is 1. The highest BCUT2D eigenvalue weighted by molar-refractivity contribution is 5.97. The van der Waals surface area contributed by atoms with E-state index in [1.54, 1.807) is 19.1 Å². The number of carbonyl (C=O) groups is 1. The molecule has 0 aliphatic heterocycles. The van der Waals surface area contributed by atoms with Gasteiger partial charge in [0, 0.05) is 11.8 Å². The van der Waals surface area contributed by atoms with E-state index < -0.39 is 5.97 Å². The number of rotatable bonds is 3. The maximum absolute atomic E-state index is 13.3. The molecule has 2 N–H and O–H groups in total. The van der Waals surface area contributed by atoms with Gasteiger partial charge in [-0.05, 0) is 30.7 Å². The van der Waals surface area contributed by atoms with E-state index in [9.17, 15) is 9.18 Å². The van der Waals surface area contributed by atoms with Gasteiger partial charge in [-0.25, -0.2) is 14.2 Å². The summed E-state index contributed by atoms with van der Waals surface area (Å²) < 4.78 is 18.2. The fourth-order valence-electron chi connectivity index (χ4n) is 1.74. The molecule has 1 aromatic carbocycles. The van der Waals surface area contributed by atoms with E-state index in [4.69, 9.17) is 10.5 Å². The second kappa shape index (κ2) is 5.48. The number of carbonyl (C=O) groups excluding carboxylic acids is 1. The molecule has 0 aliphatic carbocycles. The molecular weight excluding hydrogens is 247 g/mol. The normalized spacial score (nSPS) is 10.2. The zero-order chi connectivity index (χ0) is 13.8. The van der Waals surface area contributed by atoms with Crippen LogP contribution in [0.5, 0.6) is 0 Å². The Hall–Kier alpha value is -2.43. The van der Waals surface area contributed by atoms with Crippen molar-refractivity contribution < 1.29 is 13.9 Å². The molecule has 98 valence electrons. The van der Waals surface area contributed by atoms with Crippen LogP contribution < -0.4 is 5.73 Å². The minimum absolute atomic E-state index is 0.211. The number of ether oxygens (including phenoxy) is 1. The monoisotopic (exact) mass is 260 g/mol. The lowest BCUT2D eigenvalue weighted by Gasteiger charge is -2.09. The first-order chi connectivity index (χ1) is 9.11. The van der Waals surface area contributed by atoms with Gasteiger partial charge in [-0.1, -0.05) is 12.1 Å². The van der Waals surface area contributed by atoms with Gasteiger partial charge in [-0.2, -0.15) is 0 Å². The number of hydrogen-bond acceptors (Lipinski definition) is 4. The molecule has 2 aromatic rings. The quantitative estimate of drug-likeness (QED) is 0.861. The molecule has 1 aromatic heterocycles. The lowest BCUT2D eigenvalue weighted by Crippen LogP contribution is -2.08. The molecule has 0 unspecified atom stereocenters. The van der Waals surface area contributed by atoms with Crippen LogP contribution in [0.15, 0.2) is 36.5 Å². The first-order valence-electron chi connectivity index (χ1n) is 5.80. The van der Waals surface area contributed by atoms with Crippen LogP contribution in [0.4, 0.5) is 10.2 Å². The molecule has 2 rings (SSSR count). The van der Waals surface area contributed by atoms with Crippen LogP contribution in [0, 0.1) is 5.82 Å². The van der Waals surface area contributed by atoms with E-state index in [-0.39, 0.29) is 23.8 Å². The van der Waals surface area contributed by atoms with Gasteiger partial charge < -0.3 is 10.5 Å². The SMILES string of the molecule is CCOC(=O)c1cc(N)ncc1-c1cccc(F)c1. The molecule has 0 fully saturated rings. The van der Waals surface area contributed by atoms with Crippen molar-refractivity contribution in [2.45, 2.75) is 6.92 Å². The van der Waals surface area contributed by atoms with E-state index in [2.05, 4.69) is 4.98 Å². The Morgan fingerprint density at radius 1 is 1.42 bits per heavy atom. The minimum atomic E-state index is -0.504. The van der Waals surface area contributed by atoms with E-state index in [1.807, 2.05) is 0 Å². The van der Waals surface area contributed by atoms with Crippen molar-refractivity contribution in [3.8, 4) is 11.1 Å². The largest absolute Gasteiger partial charge is 0.462 e. The molecule has 1 heterocycles. The number of aromatic nitrogens is 1. The highest BCUT2D eigenvalue weighted by Gasteiger charge is 2.15. The number of anilines is 1. The van der Waals surface area contributed by atoms with E-state index >= 15 is 0 Å². The van der Waals surface area contributed by atoms with Crippen molar-refractivity contribution >= 4 is 11.8 Å². The Balaban J connectivity index is 2.53. The molecule has 0 saturated carbocycles. The number of nitrogens with two attached hydrogens (primary N) is 1. The van der Waals surface area contributed by atoms with Crippen molar-refractivity contribution in [1.82, 2.24) is 4.98 Å². The van der Waals surface area contributed by atoms with Crippen LogP contribution in [-0.2, 0) is 4.74 Å².